The highest BCUT2D eigenvalue weighted by molar-refractivity contribution is 5.96. The first-order valence-corrected chi connectivity index (χ1v) is 6.80. The minimum atomic E-state index is -0.208. The summed E-state index contributed by atoms with van der Waals surface area (Å²) in [6.45, 7) is 4.58. The molecule has 112 valence electrons. The molecule has 0 aliphatic heterocycles. The van der Waals surface area contributed by atoms with E-state index in [9.17, 15) is 9.59 Å². The summed E-state index contributed by atoms with van der Waals surface area (Å²) in [5.41, 5.74) is 7.55. The molecule has 1 aromatic carbocycles. The van der Waals surface area contributed by atoms with E-state index in [1.807, 2.05) is 19.9 Å². The average Bonchev–Trinajstić information content (AvgIpc) is 2.43. The van der Waals surface area contributed by atoms with E-state index in [2.05, 4.69) is 17.2 Å². The monoisotopic (exact) mass is 287 g/mol. The Labute approximate surface area is 125 Å². The van der Waals surface area contributed by atoms with Crippen molar-refractivity contribution < 1.29 is 9.59 Å². The summed E-state index contributed by atoms with van der Waals surface area (Å²) >= 11 is 0. The second-order valence-corrected chi connectivity index (χ2v) is 4.71. The minimum Gasteiger partial charge on any atom is -0.355 e. The molecule has 0 aromatic heterocycles. The molecule has 21 heavy (non-hydrogen) atoms. The number of amides is 2. The Kier molecular flexibility index (Phi) is 6.44. The van der Waals surface area contributed by atoms with Crippen LogP contribution in [0.15, 0.2) is 18.2 Å². The fourth-order valence-electron chi connectivity index (χ4n) is 1.89. The van der Waals surface area contributed by atoms with Gasteiger partial charge in [-0.3, -0.25) is 9.59 Å². The third-order valence-electron chi connectivity index (χ3n) is 2.76. The van der Waals surface area contributed by atoms with Gasteiger partial charge in [-0.15, -0.1) is 0 Å². The number of nitrogens with zero attached hydrogens (tertiary/aromatic N) is 1. The van der Waals surface area contributed by atoms with Crippen molar-refractivity contribution >= 4 is 11.8 Å². The van der Waals surface area contributed by atoms with Crippen LogP contribution in [0, 0.1) is 18.8 Å². The molecular formula is C16H21N3O2. The highest BCUT2D eigenvalue weighted by Gasteiger charge is 2.15. The highest BCUT2D eigenvalue weighted by Crippen LogP contribution is 2.11. The van der Waals surface area contributed by atoms with Gasteiger partial charge in [0, 0.05) is 24.7 Å². The van der Waals surface area contributed by atoms with Gasteiger partial charge in [0.05, 0.1) is 13.1 Å². The first-order chi connectivity index (χ1) is 9.97. The van der Waals surface area contributed by atoms with Gasteiger partial charge in [-0.25, -0.2) is 0 Å². The summed E-state index contributed by atoms with van der Waals surface area (Å²) in [7, 11) is 1.60. The van der Waals surface area contributed by atoms with Crippen LogP contribution in [0.4, 0.5) is 0 Å². The Balaban J connectivity index is 2.91. The van der Waals surface area contributed by atoms with Gasteiger partial charge in [0.25, 0.3) is 5.91 Å². The molecule has 1 aromatic rings. The molecule has 2 amide bonds. The summed E-state index contributed by atoms with van der Waals surface area (Å²) in [4.78, 5) is 25.2. The van der Waals surface area contributed by atoms with Gasteiger partial charge in [-0.1, -0.05) is 11.8 Å². The van der Waals surface area contributed by atoms with E-state index < -0.39 is 0 Å². The van der Waals surface area contributed by atoms with Crippen molar-refractivity contribution in [1.82, 2.24) is 10.2 Å². The van der Waals surface area contributed by atoms with Crippen LogP contribution in [-0.2, 0) is 4.79 Å². The molecule has 0 saturated heterocycles. The minimum absolute atomic E-state index is 0.0322. The quantitative estimate of drug-likeness (QED) is 0.792. The Morgan fingerprint density at radius 1 is 1.33 bits per heavy atom. The van der Waals surface area contributed by atoms with Gasteiger partial charge in [-0.05, 0) is 37.6 Å². The van der Waals surface area contributed by atoms with Gasteiger partial charge in [0.1, 0.15) is 0 Å². The number of carbonyl (C=O) groups excluding carboxylic acids is 2. The van der Waals surface area contributed by atoms with E-state index in [-0.39, 0.29) is 24.9 Å². The Hall–Kier alpha value is -2.32. The Morgan fingerprint density at radius 2 is 2.05 bits per heavy atom. The van der Waals surface area contributed by atoms with Gasteiger partial charge in [-0.2, -0.15) is 0 Å². The molecule has 0 spiro atoms. The lowest BCUT2D eigenvalue weighted by Gasteiger charge is -2.17. The number of likely N-dealkylation sites (N-methyl/N-ethyl adjacent to an activating group) is 2. The fourth-order valence-corrected chi connectivity index (χ4v) is 1.89. The molecule has 5 heteroatoms. The van der Waals surface area contributed by atoms with Crippen LogP contribution < -0.4 is 11.1 Å². The largest absolute Gasteiger partial charge is 0.355 e. The standard InChI is InChI=1S/C16H21N3O2/c1-4-18-15(20)11-19(3)16(21)14-9-12(2)8-13(10-14)6-5-7-17/h8-10H,4,7,11,17H2,1-3H3,(H,18,20). The second kappa shape index (κ2) is 8.08. The number of nitrogens with one attached hydrogen (secondary N) is 1. The van der Waals surface area contributed by atoms with Crippen molar-refractivity contribution in [2.45, 2.75) is 13.8 Å². The topological polar surface area (TPSA) is 75.4 Å². The molecule has 1 rings (SSSR count). The Bertz CT molecular complexity index is 585. The number of nitrogens with two attached hydrogens (primary N) is 1. The van der Waals surface area contributed by atoms with Crippen molar-refractivity contribution in [2.75, 3.05) is 26.7 Å². The van der Waals surface area contributed by atoms with E-state index in [1.54, 1.807) is 19.2 Å². The lowest BCUT2D eigenvalue weighted by molar-refractivity contribution is -0.121. The average molecular weight is 287 g/mol. The van der Waals surface area contributed by atoms with E-state index in [0.717, 1.165) is 11.1 Å². The van der Waals surface area contributed by atoms with Gasteiger partial charge < -0.3 is 16.0 Å². The highest BCUT2D eigenvalue weighted by atomic mass is 16.2. The molecule has 0 aliphatic rings. The van der Waals surface area contributed by atoms with E-state index in [4.69, 9.17) is 5.73 Å². The zero-order valence-electron chi connectivity index (χ0n) is 12.7. The maximum absolute atomic E-state index is 12.3. The summed E-state index contributed by atoms with van der Waals surface area (Å²) in [5.74, 6) is 5.30. The summed E-state index contributed by atoms with van der Waals surface area (Å²) in [6.07, 6.45) is 0. The van der Waals surface area contributed by atoms with E-state index in [0.29, 0.717) is 12.1 Å². The van der Waals surface area contributed by atoms with E-state index >= 15 is 0 Å². The first kappa shape index (κ1) is 16.7. The smallest absolute Gasteiger partial charge is 0.254 e. The molecule has 0 aliphatic carbocycles. The predicted molar refractivity (Wildman–Crippen MR) is 82.8 cm³/mol. The van der Waals surface area contributed by atoms with Crippen LogP contribution in [0.5, 0.6) is 0 Å². The predicted octanol–water partition coefficient (Wildman–Crippen LogP) is 0.513. The summed E-state index contributed by atoms with van der Waals surface area (Å²) in [6, 6.07) is 5.39. The van der Waals surface area contributed by atoms with Gasteiger partial charge in [0.15, 0.2) is 0 Å². The number of hydrogen-bond donors (Lipinski definition) is 2. The van der Waals surface area contributed by atoms with Crippen LogP contribution in [0.1, 0.15) is 28.4 Å². The molecule has 0 bridgehead atoms. The normalized spacial score (nSPS) is 9.52. The Morgan fingerprint density at radius 3 is 2.67 bits per heavy atom. The number of aryl methyl sites for hydroxylation is 1. The van der Waals surface area contributed by atoms with Crippen LogP contribution in [0.3, 0.4) is 0 Å². The van der Waals surface area contributed by atoms with E-state index in [1.165, 1.54) is 4.90 Å². The number of carbonyl (C=O) groups is 2. The van der Waals surface area contributed by atoms with Gasteiger partial charge in [0.2, 0.25) is 5.91 Å². The van der Waals surface area contributed by atoms with Crippen LogP contribution in [-0.4, -0.2) is 43.4 Å². The number of benzene rings is 1. The SMILES string of the molecule is CCNC(=O)CN(C)C(=O)c1cc(C)cc(C#CCN)c1. The molecule has 3 N–H and O–H groups in total. The summed E-state index contributed by atoms with van der Waals surface area (Å²) < 4.78 is 0. The maximum atomic E-state index is 12.3. The molecular weight excluding hydrogens is 266 g/mol. The second-order valence-electron chi connectivity index (χ2n) is 4.71. The van der Waals surface area contributed by atoms with Gasteiger partial charge >= 0.3 is 0 Å². The number of hydrogen-bond acceptors (Lipinski definition) is 3. The van der Waals surface area contributed by atoms with Crippen LogP contribution >= 0.6 is 0 Å². The van der Waals surface area contributed by atoms with Crippen LogP contribution in [0.25, 0.3) is 0 Å². The third-order valence-corrected chi connectivity index (χ3v) is 2.76. The maximum Gasteiger partial charge on any atom is 0.254 e. The van der Waals surface area contributed by atoms with Crippen LogP contribution in [0.2, 0.25) is 0 Å². The fraction of sp³-hybridized carbons (Fsp3) is 0.375. The lowest BCUT2D eigenvalue weighted by atomic mass is 10.1. The molecule has 5 nitrogen and oxygen atoms in total. The first-order valence-electron chi connectivity index (χ1n) is 6.80. The molecule has 0 heterocycles. The van der Waals surface area contributed by atoms with Crippen molar-refractivity contribution in [3.63, 3.8) is 0 Å². The molecule has 0 radical (unpaired) electrons. The molecule has 0 atom stereocenters. The number of rotatable bonds is 4. The van der Waals surface area contributed by atoms with Crippen molar-refractivity contribution in [1.29, 1.82) is 0 Å². The zero-order valence-corrected chi connectivity index (χ0v) is 12.7. The van der Waals surface area contributed by atoms with Crippen molar-refractivity contribution in [2.24, 2.45) is 5.73 Å². The lowest BCUT2D eigenvalue weighted by Crippen LogP contribution is -2.38. The zero-order chi connectivity index (χ0) is 15.8. The van der Waals surface area contributed by atoms with Crippen molar-refractivity contribution in [3.05, 3.63) is 34.9 Å². The molecule has 0 saturated carbocycles. The van der Waals surface area contributed by atoms with Crippen molar-refractivity contribution in [3.8, 4) is 11.8 Å². The summed E-state index contributed by atoms with van der Waals surface area (Å²) in [5, 5.41) is 2.66. The molecule has 0 fully saturated rings. The molecule has 0 unspecified atom stereocenters. The third kappa shape index (κ3) is 5.28.